The van der Waals surface area contributed by atoms with Gasteiger partial charge < -0.3 is 0 Å². The van der Waals surface area contributed by atoms with Gasteiger partial charge in [-0.3, -0.25) is 9.98 Å². The number of rotatable bonds is 4. The topological polar surface area (TPSA) is 24.7 Å². The van der Waals surface area contributed by atoms with Crippen molar-refractivity contribution in [2.75, 3.05) is 0 Å². The number of hydrogen-bond donors (Lipinski definition) is 0. The smallest absolute Gasteiger partial charge is 0.0709 e. The van der Waals surface area contributed by atoms with Crippen LogP contribution in [-0.4, -0.2) is 12.4 Å². The molecule has 0 heterocycles. The summed E-state index contributed by atoms with van der Waals surface area (Å²) in [4.78, 5) is 9.34. The number of aliphatic imine (C=N–C) groups is 2. The predicted molar refractivity (Wildman–Crippen MR) is 121 cm³/mol. The van der Waals surface area contributed by atoms with Gasteiger partial charge in [-0.15, -0.1) is 0 Å². The molecule has 136 valence electrons. The average Bonchev–Trinajstić information content (AvgIpc) is 2.73. The highest BCUT2D eigenvalue weighted by Gasteiger charge is 2.03. The van der Waals surface area contributed by atoms with Gasteiger partial charge in [0, 0.05) is 33.2 Å². The van der Waals surface area contributed by atoms with E-state index in [1.807, 2.05) is 85.2 Å². The van der Waals surface area contributed by atoms with Crippen LogP contribution in [0.4, 0.5) is 11.4 Å². The maximum atomic E-state index is 5.94. The van der Waals surface area contributed by atoms with Crippen LogP contribution in [0.2, 0.25) is 10.0 Å². The van der Waals surface area contributed by atoms with Crippen molar-refractivity contribution in [2.24, 2.45) is 9.98 Å². The second kappa shape index (κ2) is 8.39. The summed E-state index contributed by atoms with van der Waals surface area (Å²) in [5.74, 6) is 0. The molecule has 0 unspecified atom stereocenters. The summed E-state index contributed by atoms with van der Waals surface area (Å²) < 4.78 is 0. The SMILES string of the molecule is Clc1ccc(C=Nc2cccc3c(N=Cc4ccc(Cl)cc4)cccc23)cc1. The van der Waals surface area contributed by atoms with Crippen molar-refractivity contribution in [3.63, 3.8) is 0 Å². The molecule has 0 saturated carbocycles. The van der Waals surface area contributed by atoms with Crippen LogP contribution in [0, 0.1) is 0 Å². The summed E-state index contributed by atoms with van der Waals surface area (Å²) in [6.45, 7) is 0. The largest absolute Gasteiger partial charge is 0.256 e. The molecule has 0 spiro atoms. The first-order chi connectivity index (χ1) is 13.7. The molecule has 2 nitrogen and oxygen atoms in total. The Kier molecular flexibility index (Phi) is 5.52. The Labute approximate surface area is 173 Å². The van der Waals surface area contributed by atoms with Crippen molar-refractivity contribution < 1.29 is 0 Å². The Morgan fingerprint density at radius 1 is 0.500 bits per heavy atom. The highest BCUT2D eigenvalue weighted by Crippen LogP contribution is 2.32. The van der Waals surface area contributed by atoms with E-state index in [-0.39, 0.29) is 0 Å². The van der Waals surface area contributed by atoms with E-state index in [1.165, 1.54) is 0 Å². The van der Waals surface area contributed by atoms with Crippen molar-refractivity contribution in [3.8, 4) is 0 Å². The van der Waals surface area contributed by atoms with Crippen molar-refractivity contribution in [2.45, 2.75) is 0 Å². The zero-order chi connectivity index (χ0) is 19.3. The van der Waals surface area contributed by atoms with Gasteiger partial charge in [-0.2, -0.15) is 0 Å². The standard InChI is InChI=1S/C24H16Cl2N2/c25-19-11-7-17(8-12-19)15-27-23-5-1-3-21-22(23)4-2-6-24(21)28-16-18-9-13-20(26)14-10-18/h1-16H. The quantitative estimate of drug-likeness (QED) is 0.313. The zero-order valence-electron chi connectivity index (χ0n) is 14.9. The molecule has 0 aliphatic carbocycles. The maximum absolute atomic E-state index is 5.94. The number of benzene rings is 4. The van der Waals surface area contributed by atoms with Gasteiger partial charge >= 0.3 is 0 Å². The second-order valence-electron chi connectivity index (χ2n) is 6.27. The number of fused-ring (bicyclic) bond motifs is 1. The van der Waals surface area contributed by atoms with Gasteiger partial charge in [0.2, 0.25) is 0 Å². The lowest BCUT2D eigenvalue weighted by Crippen LogP contribution is -1.82. The Morgan fingerprint density at radius 3 is 1.29 bits per heavy atom. The van der Waals surface area contributed by atoms with Gasteiger partial charge in [0.1, 0.15) is 0 Å². The normalized spacial score (nSPS) is 11.6. The molecule has 0 saturated heterocycles. The first kappa shape index (κ1) is 18.4. The summed E-state index contributed by atoms with van der Waals surface area (Å²) in [7, 11) is 0. The lowest BCUT2D eigenvalue weighted by atomic mass is 10.1. The fourth-order valence-corrected chi connectivity index (χ4v) is 3.14. The molecule has 0 radical (unpaired) electrons. The lowest BCUT2D eigenvalue weighted by Gasteiger charge is -2.05. The second-order valence-corrected chi connectivity index (χ2v) is 7.14. The van der Waals surface area contributed by atoms with E-state index in [9.17, 15) is 0 Å². The van der Waals surface area contributed by atoms with Crippen LogP contribution in [-0.2, 0) is 0 Å². The van der Waals surface area contributed by atoms with E-state index in [4.69, 9.17) is 23.2 Å². The molecule has 4 rings (SSSR count). The monoisotopic (exact) mass is 402 g/mol. The molecule has 0 bridgehead atoms. The molecule has 0 amide bonds. The molecular weight excluding hydrogens is 387 g/mol. The Hall–Kier alpha value is -2.94. The zero-order valence-corrected chi connectivity index (χ0v) is 16.4. The van der Waals surface area contributed by atoms with Gasteiger partial charge in [-0.25, -0.2) is 0 Å². The molecule has 0 N–H and O–H groups in total. The number of halogens is 2. The Morgan fingerprint density at radius 2 is 0.893 bits per heavy atom. The molecule has 4 aromatic carbocycles. The molecule has 0 fully saturated rings. The van der Waals surface area contributed by atoms with Crippen LogP contribution in [0.1, 0.15) is 11.1 Å². The minimum Gasteiger partial charge on any atom is -0.256 e. The van der Waals surface area contributed by atoms with Crippen LogP contribution in [0.15, 0.2) is 94.9 Å². The minimum absolute atomic E-state index is 0.713. The molecule has 0 atom stereocenters. The molecular formula is C24H16Cl2N2. The Bertz CT molecular complexity index is 1070. The van der Waals surface area contributed by atoms with Crippen LogP contribution in [0.25, 0.3) is 10.8 Å². The van der Waals surface area contributed by atoms with Crippen molar-refractivity contribution >= 4 is 57.8 Å². The Balaban J connectivity index is 1.68. The van der Waals surface area contributed by atoms with Crippen LogP contribution in [0.5, 0.6) is 0 Å². The highest BCUT2D eigenvalue weighted by atomic mass is 35.5. The maximum Gasteiger partial charge on any atom is 0.0709 e. The summed E-state index contributed by atoms with van der Waals surface area (Å²) in [6, 6.07) is 27.3. The number of nitrogens with zero attached hydrogens (tertiary/aromatic N) is 2. The van der Waals surface area contributed by atoms with Gasteiger partial charge in [0.25, 0.3) is 0 Å². The predicted octanol–water partition coefficient (Wildman–Crippen LogP) is 7.65. The fourth-order valence-electron chi connectivity index (χ4n) is 2.89. The molecule has 4 heteroatoms. The first-order valence-corrected chi connectivity index (χ1v) is 9.56. The first-order valence-electron chi connectivity index (χ1n) is 8.80. The average molecular weight is 403 g/mol. The van der Waals surface area contributed by atoms with E-state index >= 15 is 0 Å². The van der Waals surface area contributed by atoms with Crippen molar-refractivity contribution in [3.05, 3.63) is 106 Å². The third kappa shape index (κ3) is 4.30. The lowest BCUT2D eigenvalue weighted by molar-refractivity contribution is 1.53. The van der Waals surface area contributed by atoms with E-state index < -0.39 is 0 Å². The third-order valence-electron chi connectivity index (χ3n) is 4.32. The van der Waals surface area contributed by atoms with E-state index in [2.05, 4.69) is 22.1 Å². The summed E-state index contributed by atoms with van der Waals surface area (Å²) >= 11 is 11.9. The molecule has 0 aliphatic heterocycles. The summed E-state index contributed by atoms with van der Waals surface area (Å²) in [5.41, 5.74) is 3.80. The molecule has 28 heavy (non-hydrogen) atoms. The van der Waals surface area contributed by atoms with Gasteiger partial charge in [-0.1, -0.05) is 71.7 Å². The molecule has 0 aliphatic rings. The van der Waals surface area contributed by atoms with Crippen LogP contribution in [0.3, 0.4) is 0 Å². The molecule has 0 aromatic heterocycles. The van der Waals surface area contributed by atoms with Gasteiger partial charge in [0.15, 0.2) is 0 Å². The van der Waals surface area contributed by atoms with Crippen molar-refractivity contribution in [1.29, 1.82) is 0 Å². The van der Waals surface area contributed by atoms with Gasteiger partial charge in [0.05, 0.1) is 11.4 Å². The van der Waals surface area contributed by atoms with E-state index in [0.29, 0.717) is 10.0 Å². The van der Waals surface area contributed by atoms with E-state index in [1.54, 1.807) is 0 Å². The van der Waals surface area contributed by atoms with Crippen LogP contribution >= 0.6 is 23.2 Å². The fraction of sp³-hybridized carbons (Fsp3) is 0. The van der Waals surface area contributed by atoms with Crippen molar-refractivity contribution in [1.82, 2.24) is 0 Å². The minimum atomic E-state index is 0.713. The van der Waals surface area contributed by atoms with Gasteiger partial charge in [-0.05, 0) is 47.5 Å². The summed E-state index contributed by atoms with van der Waals surface area (Å²) in [5, 5.41) is 3.54. The highest BCUT2D eigenvalue weighted by molar-refractivity contribution is 6.30. The molecule has 4 aromatic rings. The third-order valence-corrected chi connectivity index (χ3v) is 4.83. The van der Waals surface area contributed by atoms with E-state index in [0.717, 1.165) is 33.3 Å². The summed E-state index contributed by atoms with van der Waals surface area (Å²) in [6.07, 6.45) is 3.68. The van der Waals surface area contributed by atoms with Crippen LogP contribution < -0.4 is 0 Å². The number of hydrogen-bond acceptors (Lipinski definition) is 2.